The molecule has 0 aliphatic heterocycles. The first kappa shape index (κ1) is 73.3. The van der Waals surface area contributed by atoms with Crippen LogP contribution in [0.3, 0.4) is 0 Å². The molecule has 16 bridgehead atoms. The highest BCUT2D eigenvalue weighted by Crippen LogP contribution is 2.62. The third kappa shape index (κ3) is 19.0. The van der Waals surface area contributed by atoms with Gasteiger partial charge >= 0.3 is 0 Å². The van der Waals surface area contributed by atoms with Gasteiger partial charge in [0, 0.05) is 0 Å². The summed E-state index contributed by atoms with van der Waals surface area (Å²) < 4.78 is 0. The van der Waals surface area contributed by atoms with E-state index in [9.17, 15) is 0 Å². The van der Waals surface area contributed by atoms with E-state index in [1.54, 1.807) is 167 Å². The molecule has 0 aromatic heterocycles. The fourth-order valence-corrected chi connectivity index (χ4v) is 26.7. The maximum Gasteiger partial charge on any atom is -0.0334 e. The molecule has 0 aromatic rings. The van der Waals surface area contributed by atoms with Crippen LogP contribution >= 0.6 is 0 Å². The van der Waals surface area contributed by atoms with Crippen molar-refractivity contribution in [2.75, 3.05) is 0 Å². The van der Waals surface area contributed by atoms with Gasteiger partial charge in [-0.05, 0) is 374 Å². The number of rotatable bonds is 7. The van der Waals surface area contributed by atoms with E-state index in [0.29, 0.717) is 10.8 Å². The van der Waals surface area contributed by atoms with Crippen molar-refractivity contribution in [3.63, 3.8) is 0 Å². The molecule has 0 N–H and O–H groups in total. The summed E-state index contributed by atoms with van der Waals surface area (Å²) in [7, 11) is 0. The van der Waals surface area contributed by atoms with Crippen LogP contribution in [0.25, 0.3) is 0 Å². The fraction of sp³-hybridized carbons (Fsp3) is 1.00. The van der Waals surface area contributed by atoms with Crippen LogP contribution in [0.4, 0.5) is 0 Å². The van der Waals surface area contributed by atoms with Crippen molar-refractivity contribution in [1.82, 2.24) is 0 Å². The summed E-state index contributed by atoms with van der Waals surface area (Å²) in [5.74, 6) is 34.8. The van der Waals surface area contributed by atoms with Crippen molar-refractivity contribution < 1.29 is 0 Å². The van der Waals surface area contributed by atoms with Crippen molar-refractivity contribution >= 4 is 0 Å². The minimum atomic E-state index is 0.570. The lowest BCUT2D eigenvalue weighted by molar-refractivity contribution is -0.107. The van der Waals surface area contributed by atoms with Gasteiger partial charge in [-0.2, -0.15) is 0 Å². The molecule has 0 amide bonds. The Bertz CT molecular complexity index is 1890. The lowest BCUT2D eigenvalue weighted by Crippen LogP contribution is -2.52. The van der Waals surface area contributed by atoms with E-state index >= 15 is 0 Å². The second-order valence-electron chi connectivity index (χ2n) is 41.5. The first-order valence-electron chi connectivity index (χ1n) is 42.1. The largest absolute Gasteiger partial charge is 0.0625 e. The van der Waals surface area contributed by atoms with E-state index in [0.717, 1.165) is 178 Å². The van der Waals surface area contributed by atoms with Crippen LogP contribution < -0.4 is 0 Å². The Morgan fingerprint density at radius 3 is 0.697 bits per heavy atom. The summed E-state index contributed by atoms with van der Waals surface area (Å²) in [5.41, 5.74) is 1.15. The second kappa shape index (κ2) is 32.6. The van der Waals surface area contributed by atoms with Gasteiger partial charge in [0.2, 0.25) is 0 Å². The van der Waals surface area contributed by atoms with Crippen molar-refractivity contribution in [1.29, 1.82) is 0 Å². The lowest BCUT2D eigenvalue weighted by atomic mass is 9.45. The third-order valence-corrected chi connectivity index (χ3v) is 31.5. The predicted molar refractivity (Wildman–Crippen MR) is 392 cm³/mol. The van der Waals surface area contributed by atoms with Gasteiger partial charge in [0.15, 0.2) is 0 Å². The molecule has 7 unspecified atom stereocenters. The Morgan fingerprint density at radius 1 is 0.191 bits per heavy atom. The fourth-order valence-electron chi connectivity index (χ4n) is 26.7. The predicted octanol–water partition coefficient (Wildman–Crippen LogP) is 27.9. The van der Waals surface area contributed by atoms with Crippen molar-refractivity contribution in [2.45, 2.75) is 363 Å². The number of fused-ring (bicyclic) bond motifs is 9. The minimum Gasteiger partial charge on any atom is -0.0625 e. The zero-order valence-corrected chi connectivity index (χ0v) is 64.2. The molecular formula is C89H162. The highest BCUT2D eigenvalue weighted by Gasteiger charge is 2.53. The van der Waals surface area contributed by atoms with Gasteiger partial charge < -0.3 is 0 Å². The molecule has 89 heavy (non-hydrogen) atoms. The minimum absolute atomic E-state index is 0.570. The number of hydrogen-bond acceptors (Lipinski definition) is 0. The maximum atomic E-state index is 2.45. The summed E-state index contributed by atoms with van der Waals surface area (Å²) in [6, 6.07) is 0. The van der Waals surface area contributed by atoms with Crippen LogP contribution in [0.5, 0.6) is 0 Å². The quantitative estimate of drug-likeness (QED) is 0.238. The Kier molecular flexibility index (Phi) is 26.8. The Morgan fingerprint density at radius 2 is 0.461 bits per heavy atom. The van der Waals surface area contributed by atoms with E-state index in [1.165, 1.54) is 69.6 Å². The first-order chi connectivity index (χ1) is 42.1. The zero-order valence-electron chi connectivity index (χ0n) is 64.2. The molecular weight excluding hydrogens is 1070 g/mol. The standard InChI is InChI=1S/C13H22.C11H20.2C10H18.C10H20.2C9H16.C9H18.C8H14/c1-8(2)13-11-4-9-3-10(6-11)7-12(13)5-9;1-8(2)11-7-9-3-5-10(11)6-4-9;1-7(2)10-6-8-3-4-9(10)5-8;1-7(2)10-8-3-4-9(10)6-5-8;1-10(2,3)9-7-5-4-6-8-9;1-6(2)9-5-7-3-8(9)4-7;1-6(2)9-7-3-4-8(9)5-7;1-9(2,3)8-6-4-5-7-8;1-5(2)8-6-3-7(8)4-6/h8-13H,3-7H2,1-2H3;8-11H,3-7H2,1-2H3;2*7-10H,3-6H2,1-2H3;9H,4-8H2,1-3H3;2*6-9H,3-5H2,1-2H3;8H,4-7H2,1-3H3;5-8H,3-4H2,1-2H3. The van der Waals surface area contributed by atoms with Crippen molar-refractivity contribution in [3.05, 3.63) is 0 Å². The highest BCUT2D eigenvalue weighted by atomic mass is 14.6. The molecule has 0 heterocycles. The Hall–Kier alpha value is 0. The number of hydrogen-bond donors (Lipinski definition) is 0. The molecule has 22 aliphatic rings. The monoisotopic (exact) mass is 1230 g/mol. The van der Waals surface area contributed by atoms with Crippen LogP contribution in [-0.4, -0.2) is 0 Å². The average molecular weight is 1230 g/mol. The van der Waals surface area contributed by atoms with Crippen LogP contribution in [-0.2, 0) is 0 Å². The van der Waals surface area contributed by atoms with E-state index in [-0.39, 0.29) is 0 Å². The summed E-state index contributed by atoms with van der Waals surface area (Å²) in [6.45, 7) is 47.8. The zero-order chi connectivity index (χ0) is 64.2. The Labute approximate surface area is 560 Å². The highest BCUT2D eigenvalue weighted by molar-refractivity contribution is 5.03. The summed E-state index contributed by atoms with van der Waals surface area (Å²) in [6.07, 6.45) is 53.9. The van der Waals surface area contributed by atoms with Gasteiger partial charge in [-0.25, -0.2) is 0 Å². The Balaban J connectivity index is 0.000000119. The van der Waals surface area contributed by atoms with Gasteiger partial charge in [0.1, 0.15) is 0 Å². The SMILES string of the molecule is CC(C)(C)C1CCCC1.CC(C)(C)C1CCCCC1.CC(C)C1C2CC1C2.CC(C)C1C2CC3CC(C2)CC1C3.CC(C)C1C2CCC1C2.CC(C)C1C2CCC1CC2.CC(C)C1CC2CC1C2.CC(C)C1CC2CCC1C2.CC(C)C1CC2CCC1CC2. The van der Waals surface area contributed by atoms with E-state index in [2.05, 4.69) is 138 Å². The topological polar surface area (TPSA) is 0 Å². The molecule has 22 saturated carbocycles. The van der Waals surface area contributed by atoms with Crippen LogP contribution in [0.1, 0.15) is 363 Å². The molecule has 7 atom stereocenters. The van der Waals surface area contributed by atoms with Crippen LogP contribution in [0.15, 0.2) is 0 Å². The third-order valence-electron chi connectivity index (χ3n) is 31.5. The molecule has 0 spiro atoms. The average Bonchev–Trinajstić information content (AvgIpc) is 1.43. The maximum absolute atomic E-state index is 2.45. The van der Waals surface area contributed by atoms with Gasteiger partial charge in [0.05, 0.1) is 0 Å². The van der Waals surface area contributed by atoms with Crippen LogP contribution in [0.2, 0.25) is 0 Å². The smallest absolute Gasteiger partial charge is 0.0334 e. The molecule has 0 saturated heterocycles. The van der Waals surface area contributed by atoms with Crippen molar-refractivity contribution in [2.24, 2.45) is 200 Å². The summed E-state index contributed by atoms with van der Waals surface area (Å²) >= 11 is 0. The van der Waals surface area contributed by atoms with E-state index in [4.69, 9.17) is 0 Å². The molecule has 22 aliphatic carbocycles. The molecule has 0 aromatic carbocycles. The summed E-state index contributed by atoms with van der Waals surface area (Å²) in [5, 5.41) is 0. The molecule has 22 fully saturated rings. The molecule has 0 radical (unpaired) electrons. The molecule has 0 heteroatoms. The molecule has 0 nitrogen and oxygen atoms in total. The summed E-state index contributed by atoms with van der Waals surface area (Å²) in [4.78, 5) is 0. The normalized spacial score (nSPS) is 42.4. The van der Waals surface area contributed by atoms with Crippen molar-refractivity contribution in [3.8, 4) is 0 Å². The molecule has 518 valence electrons. The first-order valence-corrected chi connectivity index (χ1v) is 42.1. The van der Waals surface area contributed by atoms with Crippen LogP contribution in [0, 0.1) is 200 Å². The van der Waals surface area contributed by atoms with Gasteiger partial charge in [-0.1, -0.05) is 190 Å². The van der Waals surface area contributed by atoms with E-state index < -0.39 is 0 Å². The van der Waals surface area contributed by atoms with Gasteiger partial charge in [-0.15, -0.1) is 0 Å². The van der Waals surface area contributed by atoms with Gasteiger partial charge in [0.25, 0.3) is 0 Å². The molecule has 22 rings (SSSR count). The second-order valence-corrected chi connectivity index (χ2v) is 41.5. The van der Waals surface area contributed by atoms with Gasteiger partial charge in [-0.3, -0.25) is 0 Å². The van der Waals surface area contributed by atoms with E-state index in [1.807, 2.05) is 0 Å². The lowest BCUT2D eigenvalue weighted by Gasteiger charge is -2.60.